The lowest BCUT2D eigenvalue weighted by Gasteiger charge is -2.27. The highest BCUT2D eigenvalue weighted by molar-refractivity contribution is 14.1. The van der Waals surface area contributed by atoms with E-state index in [0.717, 1.165) is 43.3 Å². The van der Waals surface area contributed by atoms with E-state index in [9.17, 15) is 9.59 Å². The summed E-state index contributed by atoms with van der Waals surface area (Å²) < 4.78 is 6.73. The van der Waals surface area contributed by atoms with Crippen LogP contribution in [0.2, 0.25) is 0 Å². The first-order valence-corrected chi connectivity index (χ1v) is 14.2. The number of hydrogen-bond acceptors (Lipinski definition) is 6. The molecule has 0 radical (unpaired) electrons. The van der Waals surface area contributed by atoms with E-state index in [1.807, 2.05) is 53.6 Å². The number of halogens is 1. The fourth-order valence-corrected chi connectivity index (χ4v) is 5.68. The molecule has 2 amide bonds. The number of thiophene rings is 1. The molecular formula is C27H29IN4O3S. The van der Waals surface area contributed by atoms with Crippen LogP contribution < -0.4 is 10.1 Å². The number of aliphatic imine (C=N–C) groups is 1. The Morgan fingerprint density at radius 1 is 1.25 bits per heavy atom. The average Bonchev–Trinajstić information content (AvgIpc) is 3.23. The van der Waals surface area contributed by atoms with Crippen molar-refractivity contribution in [1.29, 1.82) is 0 Å². The van der Waals surface area contributed by atoms with Gasteiger partial charge < -0.3 is 15.0 Å². The van der Waals surface area contributed by atoms with Gasteiger partial charge in [0.1, 0.15) is 10.8 Å². The number of hydrogen-bond donors (Lipinski definition) is 1. The van der Waals surface area contributed by atoms with Crippen molar-refractivity contribution in [3.63, 3.8) is 0 Å². The maximum Gasteiger partial charge on any atom is 0.228 e. The maximum absolute atomic E-state index is 12.9. The van der Waals surface area contributed by atoms with Gasteiger partial charge in [-0.15, -0.1) is 11.3 Å². The lowest BCUT2D eigenvalue weighted by Crippen LogP contribution is -2.36. The number of fused-ring (bicyclic) bond motifs is 1. The first-order valence-electron chi connectivity index (χ1n) is 11.9. The first kappa shape index (κ1) is 26.3. The van der Waals surface area contributed by atoms with E-state index in [4.69, 9.17) is 4.74 Å². The molecule has 0 fully saturated rings. The molecule has 0 saturated carbocycles. The summed E-state index contributed by atoms with van der Waals surface area (Å²) in [4.78, 5) is 37.2. The van der Waals surface area contributed by atoms with E-state index >= 15 is 0 Å². The monoisotopic (exact) mass is 616 g/mol. The number of pyridine rings is 1. The molecule has 1 aromatic carbocycles. The van der Waals surface area contributed by atoms with Crippen molar-refractivity contribution in [3.05, 3.63) is 75.9 Å². The SMILES string of the molecule is CN=Cc1c(NC(=O)CCc2ccccc2OCCI)sc2c1CCN(C(=O)Cc1ccccn1)C2. The molecule has 0 spiro atoms. The lowest BCUT2D eigenvalue weighted by molar-refractivity contribution is -0.131. The highest BCUT2D eigenvalue weighted by Crippen LogP contribution is 2.36. The van der Waals surface area contributed by atoms with Crippen molar-refractivity contribution in [2.75, 3.05) is 29.9 Å². The summed E-state index contributed by atoms with van der Waals surface area (Å²) in [6.45, 7) is 1.82. The third-order valence-electron chi connectivity index (χ3n) is 5.95. The summed E-state index contributed by atoms with van der Waals surface area (Å²) in [5, 5.41) is 3.90. The van der Waals surface area contributed by atoms with E-state index < -0.39 is 0 Å². The summed E-state index contributed by atoms with van der Waals surface area (Å²) in [7, 11) is 1.73. The number of para-hydroxylation sites is 1. The molecular weight excluding hydrogens is 587 g/mol. The second-order valence-electron chi connectivity index (χ2n) is 8.39. The molecule has 0 bridgehead atoms. The Balaban J connectivity index is 1.42. The molecule has 0 aliphatic carbocycles. The zero-order valence-corrected chi connectivity index (χ0v) is 23.2. The van der Waals surface area contributed by atoms with Crippen molar-refractivity contribution in [2.24, 2.45) is 4.99 Å². The van der Waals surface area contributed by atoms with Crippen LogP contribution in [0.5, 0.6) is 5.75 Å². The Bertz CT molecular complexity index is 1230. The van der Waals surface area contributed by atoms with Gasteiger partial charge >= 0.3 is 0 Å². The molecule has 0 saturated heterocycles. The molecule has 9 heteroatoms. The number of nitrogens with one attached hydrogen (secondary N) is 1. The molecule has 7 nitrogen and oxygen atoms in total. The molecule has 0 atom stereocenters. The highest BCUT2D eigenvalue weighted by atomic mass is 127. The zero-order chi connectivity index (χ0) is 25.3. The van der Waals surface area contributed by atoms with Crippen LogP contribution in [0, 0.1) is 0 Å². The number of carbonyl (C=O) groups excluding carboxylic acids is 2. The van der Waals surface area contributed by atoms with E-state index in [0.29, 0.717) is 32.5 Å². The number of amides is 2. The van der Waals surface area contributed by atoms with Gasteiger partial charge in [-0.3, -0.25) is 19.6 Å². The first-order chi connectivity index (χ1) is 17.6. The van der Waals surface area contributed by atoms with Gasteiger partial charge in [0.2, 0.25) is 11.8 Å². The van der Waals surface area contributed by atoms with Gasteiger partial charge in [0.05, 0.1) is 19.6 Å². The predicted molar refractivity (Wildman–Crippen MR) is 153 cm³/mol. The molecule has 188 valence electrons. The Labute approximate surface area is 229 Å². The van der Waals surface area contributed by atoms with Crippen LogP contribution in [0.15, 0.2) is 53.7 Å². The number of rotatable bonds is 10. The van der Waals surface area contributed by atoms with Crippen molar-refractivity contribution >= 4 is 57.0 Å². The van der Waals surface area contributed by atoms with Crippen molar-refractivity contribution in [1.82, 2.24) is 9.88 Å². The Morgan fingerprint density at radius 2 is 2.08 bits per heavy atom. The number of alkyl halides is 1. The number of aryl methyl sites for hydroxylation is 1. The topological polar surface area (TPSA) is 83.9 Å². The molecule has 0 unspecified atom stereocenters. The minimum Gasteiger partial charge on any atom is -0.493 e. The second-order valence-corrected chi connectivity index (χ2v) is 10.6. The average molecular weight is 617 g/mol. The number of anilines is 1. The van der Waals surface area contributed by atoms with E-state index in [1.54, 1.807) is 13.2 Å². The zero-order valence-electron chi connectivity index (χ0n) is 20.2. The van der Waals surface area contributed by atoms with Crippen molar-refractivity contribution in [3.8, 4) is 5.75 Å². The van der Waals surface area contributed by atoms with Gasteiger partial charge in [-0.05, 0) is 42.2 Å². The standard InChI is InChI=1S/C27H29IN4O3S/c1-29-17-22-21-11-14-32(26(34)16-20-7-4-5-13-30-20)18-24(21)36-27(22)31-25(33)10-9-19-6-2-3-8-23(19)35-15-12-28/h2-8,13,17H,9-12,14-16,18H2,1H3,(H,31,33). The highest BCUT2D eigenvalue weighted by Gasteiger charge is 2.27. The number of aromatic nitrogens is 1. The number of ether oxygens (including phenoxy) is 1. The second kappa shape index (κ2) is 13.0. The number of benzene rings is 1. The van der Waals surface area contributed by atoms with Crippen LogP contribution in [0.4, 0.5) is 5.00 Å². The molecule has 1 aliphatic heterocycles. The molecule has 1 aliphatic rings. The maximum atomic E-state index is 12.9. The summed E-state index contributed by atoms with van der Waals surface area (Å²) in [5.41, 5.74) is 3.92. The molecule has 3 aromatic rings. The summed E-state index contributed by atoms with van der Waals surface area (Å²) in [6.07, 6.45) is 5.49. The van der Waals surface area contributed by atoms with Crippen LogP contribution in [0.25, 0.3) is 0 Å². The Kier molecular flexibility index (Phi) is 9.46. The van der Waals surface area contributed by atoms with Crippen LogP contribution >= 0.6 is 33.9 Å². The number of nitrogens with zero attached hydrogens (tertiary/aromatic N) is 3. The van der Waals surface area contributed by atoms with Crippen LogP contribution in [0.1, 0.15) is 33.7 Å². The largest absolute Gasteiger partial charge is 0.493 e. The van der Waals surface area contributed by atoms with Gasteiger partial charge in [-0.25, -0.2) is 0 Å². The molecule has 1 N–H and O–H groups in total. The van der Waals surface area contributed by atoms with Crippen LogP contribution in [0.3, 0.4) is 0 Å². The normalized spacial score (nSPS) is 13.0. The minimum absolute atomic E-state index is 0.0499. The third-order valence-corrected chi connectivity index (χ3v) is 7.54. The van der Waals surface area contributed by atoms with E-state index in [1.165, 1.54) is 16.9 Å². The molecule has 2 aromatic heterocycles. The van der Waals surface area contributed by atoms with E-state index in [-0.39, 0.29) is 18.2 Å². The van der Waals surface area contributed by atoms with E-state index in [2.05, 4.69) is 37.9 Å². The van der Waals surface area contributed by atoms with Gasteiger partial charge in [-0.2, -0.15) is 0 Å². The molecule has 36 heavy (non-hydrogen) atoms. The van der Waals surface area contributed by atoms with Crippen LogP contribution in [-0.2, 0) is 35.4 Å². The van der Waals surface area contributed by atoms with Gasteiger partial charge in [-0.1, -0.05) is 46.9 Å². The van der Waals surface area contributed by atoms with Crippen LogP contribution in [-0.4, -0.2) is 52.5 Å². The summed E-state index contributed by atoms with van der Waals surface area (Å²) >= 11 is 3.82. The molecule has 4 rings (SSSR count). The quantitative estimate of drug-likeness (QED) is 0.203. The predicted octanol–water partition coefficient (Wildman–Crippen LogP) is 4.70. The molecule has 3 heterocycles. The van der Waals surface area contributed by atoms with Gasteiger partial charge in [0.25, 0.3) is 0 Å². The number of carbonyl (C=O) groups is 2. The van der Waals surface area contributed by atoms with Gasteiger partial charge in [0.15, 0.2) is 0 Å². The fourth-order valence-electron chi connectivity index (χ4n) is 4.21. The van der Waals surface area contributed by atoms with Crippen molar-refractivity contribution < 1.29 is 14.3 Å². The fraction of sp³-hybridized carbons (Fsp3) is 0.333. The Hall–Kier alpha value is -2.79. The minimum atomic E-state index is -0.0499. The summed E-state index contributed by atoms with van der Waals surface area (Å²) in [6, 6.07) is 13.5. The third kappa shape index (κ3) is 6.70. The summed E-state index contributed by atoms with van der Waals surface area (Å²) in [5.74, 6) is 0.849. The smallest absolute Gasteiger partial charge is 0.228 e. The lowest BCUT2D eigenvalue weighted by atomic mass is 10.0. The van der Waals surface area contributed by atoms with Crippen molar-refractivity contribution in [2.45, 2.75) is 32.2 Å². The van der Waals surface area contributed by atoms with Gasteiger partial charge in [0, 0.05) is 53.0 Å². The Morgan fingerprint density at radius 3 is 2.86 bits per heavy atom.